The second-order valence-electron chi connectivity index (χ2n) is 5.73. The molecule has 0 aromatic heterocycles. The Labute approximate surface area is 141 Å². The van der Waals surface area contributed by atoms with E-state index < -0.39 is 16.1 Å². The molecule has 1 N–H and O–H groups in total. The molecule has 0 fully saturated rings. The lowest BCUT2D eigenvalue weighted by atomic mass is 10.2. The standard InChI is InChI=1S/C17H18N2O4S/c1-12-6-5-7-13(10-12)18-17(20)16-11-19(24(2,21)22)14-8-3-4-9-15(14)23-16/h3-10,16H,11H2,1-2H3,(H,18,20). The van der Waals surface area contributed by atoms with E-state index in [4.69, 9.17) is 4.74 Å². The minimum atomic E-state index is -3.51. The maximum atomic E-state index is 12.5. The average Bonchev–Trinajstić information content (AvgIpc) is 2.53. The SMILES string of the molecule is Cc1cccc(NC(=O)C2CN(S(C)(=O)=O)c3ccccc3O2)c1. The molecular formula is C17H18N2O4S. The maximum absolute atomic E-state index is 12.5. The van der Waals surface area contributed by atoms with Crippen molar-refractivity contribution in [2.24, 2.45) is 0 Å². The summed E-state index contributed by atoms with van der Waals surface area (Å²) >= 11 is 0. The van der Waals surface area contributed by atoms with Crippen molar-refractivity contribution in [3.63, 3.8) is 0 Å². The molecule has 1 aliphatic heterocycles. The zero-order chi connectivity index (χ0) is 17.3. The number of nitrogens with zero attached hydrogens (tertiary/aromatic N) is 1. The summed E-state index contributed by atoms with van der Waals surface area (Å²) in [5, 5.41) is 2.77. The molecule has 7 heteroatoms. The Morgan fingerprint density at radius 3 is 2.67 bits per heavy atom. The molecule has 24 heavy (non-hydrogen) atoms. The highest BCUT2D eigenvalue weighted by atomic mass is 32.2. The van der Waals surface area contributed by atoms with Crippen LogP contribution in [0.2, 0.25) is 0 Å². The highest BCUT2D eigenvalue weighted by Gasteiger charge is 2.34. The van der Waals surface area contributed by atoms with Gasteiger partial charge in [0.25, 0.3) is 5.91 Å². The number of hydrogen-bond acceptors (Lipinski definition) is 4. The molecule has 2 aromatic rings. The molecule has 1 atom stereocenters. The lowest BCUT2D eigenvalue weighted by Gasteiger charge is -2.33. The number of anilines is 2. The fourth-order valence-corrected chi connectivity index (χ4v) is 3.51. The third kappa shape index (κ3) is 3.35. The van der Waals surface area contributed by atoms with Gasteiger partial charge in [0, 0.05) is 5.69 Å². The van der Waals surface area contributed by atoms with Crippen LogP contribution in [0.1, 0.15) is 5.56 Å². The van der Waals surface area contributed by atoms with Crippen molar-refractivity contribution in [1.29, 1.82) is 0 Å². The summed E-state index contributed by atoms with van der Waals surface area (Å²) in [5.74, 6) is -0.0117. The van der Waals surface area contributed by atoms with Gasteiger partial charge >= 0.3 is 0 Å². The first-order valence-corrected chi connectivity index (χ1v) is 9.30. The van der Waals surface area contributed by atoms with E-state index in [9.17, 15) is 13.2 Å². The largest absolute Gasteiger partial charge is 0.476 e. The van der Waals surface area contributed by atoms with Crippen LogP contribution in [0.5, 0.6) is 5.75 Å². The number of nitrogens with one attached hydrogen (secondary N) is 1. The predicted molar refractivity (Wildman–Crippen MR) is 92.9 cm³/mol. The van der Waals surface area contributed by atoms with Gasteiger partial charge in [-0.1, -0.05) is 24.3 Å². The highest BCUT2D eigenvalue weighted by Crippen LogP contribution is 2.34. The number of hydrogen-bond donors (Lipinski definition) is 1. The van der Waals surface area contributed by atoms with Crippen molar-refractivity contribution in [2.45, 2.75) is 13.0 Å². The van der Waals surface area contributed by atoms with Gasteiger partial charge in [0.2, 0.25) is 10.0 Å². The second kappa shape index (κ2) is 6.16. The summed E-state index contributed by atoms with van der Waals surface area (Å²) < 4.78 is 31.0. The van der Waals surface area contributed by atoms with Gasteiger partial charge in [-0.25, -0.2) is 8.42 Å². The molecule has 1 heterocycles. The van der Waals surface area contributed by atoms with Gasteiger partial charge in [-0.05, 0) is 36.8 Å². The first-order chi connectivity index (χ1) is 11.3. The van der Waals surface area contributed by atoms with E-state index in [0.29, 0.717) is 17.1 Å². The first kappa shape index (κ1) is 16.3. The lowest BCUT2D eigenvalue weighted by molar-refractivity contribution is -0.122. The molecule has 1 unspecified atom stereocenters. The summed E-state index contributed by atoms with van der Waals surface area (Å²) in [6.45, 7) is 1.86. The summed E-state index contributed by atoms with van der Waals surface area (Å²) in [4.78, 5) is 12.5. The van der Waals surface area contributed by atoms with Gasteiger partial charge < -0.3 is 10.1 Å². The number of carbonyl (C=O) groups is 1. The van der Waals surface area contributed by atoms with E-state index in [0.717, 1.165) is 11.8 Å². The Morgan fingerprint density at radius 1 is 1.21 bits per heavy atom. The number of aryl methyl sites for hydroxylation is 1. The normalized spacial score (nSPS) is 16.9. The number of ether oxygens (including phenoxy) is 1. The fourth-order valence-electron chi connectivity index (χ4n) is 2.60. The number of rotatable bonds is 3. The van der Waals surface area contributed by atoms with E-state index in [1.165, 1.54) is 4.31 Å². The molecule has 1 aliphatic rings. The van der Waals surface area contributed by atoms with Gasteiger partial charge in [0.05, 0.1) is 18.5 Å². The van der Waals surface area contributed by atoms with E-state index in [2.05, 4.69) is 5.32 Å². The summed E-state index contributed by atoms with van der Waals surface area (Å²) in [6, 6.07) is 14.1. The number of para-hydroxylation sites is 2. The molecule has 2 aromatic carbocycles. The van der Waals surface area contributed by atoms with Gasteiger partial charge in [0.1, 0.15) is 5.75 Å². The molecule has 0 saturated heterocycles. The molecule has 126 valence electrons. The monoisotopic (exact) mass is 346 g/mol. The smallest absolute Gasteiger partial charge is 0.267 e. The molecular weight excluding hydrogens is 328 g/mol. The molecule has 0 bridgehead atoms. The quantitative estimate of drug-likeness (QED) is 0.924. The lowest BCUT2D eigenvalue weighted by Crippen LogP contribution is -2.48. The van der Waals surface area contributed by atoms with E-state index >= 15 is 0 Å². The van der Waals surface area contributed by atoms with Crippen LogP contribution in [0.15, 0.2) is 48.5 Å². The summed E-state index contributed by atoms with van der Waals surface area (Å²) in [6.07, 6.45) is 0.195. The number of carbonyl (C=O) groups excluding carboxylic acids is 1. The van der Waals surface area contributed by atoms with Crippen LogP contribution in [0.3, 0.4) is 0 Å². The van der Waals surface area contributed by atoms with E-state index in [-0.39, 0.29) is 12.5 Å². The minimum absolute atomic E-state index is 0.0620. The van der Waals surface area contributed by atoms with Crippen LogP contribution >= 0.6 is 0 Å². The molecule has 0 saturated carbocycles. The number of amides is 1. The predicted octanol–water partition coefficient (Wildman–Crippen LogP) is 2.16. The Hall–Kier alpha value is -2.54. The highest BCUT2D eigenvalue weighted by molar-refractivity contribution is 7.92. The Balaban J connectivity index is 1.86. The van der Waals surface area contributed by atoms with Gasteiger partial charge in [-0.15, -0.1) is 0 Å². The Bertz CT molecular complexity index is 880. The van der Waals surface area contributed by atoms with Gasteiger partial charge in [0.15, 0.2) is 6.10 Å². The van der Waals surface area contributed by atoms with Crippen molar-refractivity contribution < 1.29 is 17.9 Å². The Morgan fingerprint density at radius 2 is 1.96 bits per heavy atom. The van der Waals surface area contributed by atoms with Crippen LogP contribution in [0.25, 0.3) is 0 Å². The molecule has 3 rings (SSSR count). The Kier molecular flexibility index (Phi) is 4.19. The van der Waals surface area contributed by atoms with Crippen LogP contribution in [-0.4, -0.2) is 33.2 Å². The molecule has 1 amide bonds. The molecule has 0 spiro atoms. The van der Waals surface area contributed by atoms with Crippen molar-refractivity contribution in [3.8, 4) is 5.75 Å². The molecule has 0 aliphatic carbocycles. The number of fused-ring (bicyclic) bond motifs is 1. The summed E-state index contributed by atoms with van der Waals surface area (Å²) in [5.41, 5.74) is 2.11. The maximum Gasteiger partial charge on any atom is 0.267 e. The topological polar surface area (TPSA) is 75.7 Å². The van der Waals surface area contributed by atoms with Crippen LogP contribution in [0.4, 0.5) is 11.4 Å². The van der Waals surface area contributed by atoms with E-state index in [1.54, 1.807) is 30.3 Å². The van der Waals surface area contributed by atoms with Crippen LogP contribution in [-0.2, 0) is 14.8 Å². The zero-order valence-corrected chi connectivity index (χ0v) is 14.2. The second-order valence-corrected chi connectivity index (χ2v) is 7.63. The molecule has 0 radical (unpaired) electrons. The van der Waals surface area contributed by atoms with Crippen molar-refractivity contribution in [3.05, 3.63) is 54.1 Å². The molecule has 6 nitrogen and oxygen atoms in total. The van der Waals surface area contributed by atoms with Crippen molar-refractivity contribution in [1.82, 2.24) is 0 Å². The summed E-state index contributed by atoms with van der Waals surface area (Å²) in [7, 11) is -3.51. The zero-order valence-electron chi connectivity index (χ0n) is 13.4. The number of sulfonamides is 1. The number of benzene rings is 2. The van der Waals surface area contributed by atoms with E-state index in [1.807, 2.05) is 25.1 Å². The van der Waals surface area contributed by atoms with Gasteiger partial charge in [-0.3, -0.25) is 9.10 Å². The minimum Gasteiger partial charge on any atom is -0.476 e. The van der Waals surface area contributed by atoms with Crippen LogP contribution < -0.4 is 14.4 Å². The van der Waals surface area contributed by atoms with Crippen molar-refractivity contribution >= 4 is 27.3 Å². The van der Waals surface area contributed by atoms with Crippen LogP contribution in [0, 0.1) is 6.92 Å². The third-order valence-electron chi connectivity index (χ3n) is 3.71. The van der Waals surface area contributed by atoms with Gasteiger partial charge in [-0.2, -0.15) is 0 Å². The average molecular weight is 346 g/mol. The fraction of sp³-hybridized carbons (Fsp3) is 0.235. The van der Waals surface area contributed by atoms with Crippen molar-refractivity contribution in [2.75, 3.05) is 22.4 Å². The first-order valence-electron chi connectivity index (χ1n) is 7.45. The third-order valence-corrected chi connectivity index (χ3v) is 4.86.